The summed E-state index contributed by atoms with van der Waals surface area (Å²) in [6.07, 6.45) is 3.05. The lowest BCUT2D eigenvalue weighted by atomic mass is 10.0. The molecule has 0 aromatic heterocycles. The van der Waals surface area contributed by atoms with Crippen molar-refractivity contribution in [1.29, 1.82) is 0 Å². The van der Waals surface area contributed by atoms with Crippen molar-refractivity contribution in [2.45, 2.75) is 50.4 Å². The molecule has 2 saturated heterocycles. The monoisotopic (exact) mass is 418 g/mol. The molecule has 2 aromatic carbocycles. The van der Waals surface area contributed by atoms with Crippen LogP contribution in [-0.2, 0) is 22.6 Å². The number of carbonyl (C=O) groups excluding carboxylic acids is 2. The molecule has 0 bridgehead atoms. The van der Waals surface area contributed by atoms with Gasteiger partial charge in [-0.2, -0.15) is 0 Å². The second-order valence-electron chi connectivity index (χ2n) is 8.87. The van der Waals surface area contributed by atoms with Gasteiger partial charge in [0.05, 0.1) is 6.04 Å². The molecule has 162 valence electrons. The predicted molar refractivity (Wildman–Crippen MR) is 121 cm³/mol. The molecule has 3 heterocycles. The average molecular weight is 419 g/mol. The van der Waals surface area contributed by atoms with Crippen molar-refractivity contribution in [3.8, 4) is 0 Å². The Balaban J connectivity index is 1.18. The van der Waals surface area contributed by atoms with Crippen LogP contribution >= 0.6 is 0 Å². The third kappa shape index (κ3) is 4.23. The minimum Gasteiger partial charge on any atom is -0.353 e. The Hall–Kier alpha value is -2.70. The summed E-state index contributed by atoms with van der Waals surface area (Å²) in [6.45, 7) is 3.07. The molecule has 3 aliphatic rings. The maximum atomic E-state index is 12.9. The van der Waals surface area contributed by atoms with E-state index >= 15 is 0 Å². The maximum Gasteiger partial charge on any atom is 0.237 e. The number of nitrogens with one attached hydrogen (secondary N) is 2. The predicted octanol–water partition coefficient (Wildman–Crippen LogP) is 2.09. The van der Waals surface area contributed by atoms with Crippen molar-refractivity contribution < 1.29 is 9.59 Å². The third-order valence-electron chi connectivity index (χ3n) is 6.94. The van der Waals surface area contributed by atoms with Gasteiger partial charge in [0.2, 0.25) is 11.8 Å². The summed E-state index contributed by atoms with van der Waals surface area (Å²) in [7, 11) is 0. The van der Waals surface area contributed by atoms with Gasteiger partial charge in [0.25, 0.3) is 0 Å². The van der Waals surface area contributed by atoms with Crippen LogP contribution < -0.4 is 15.5 Å². The van der Waals surface area contributed by atoms with E-state index in [2.05, 4.69) is 33.7 Å². The topological polar surface area (TPSA) is 64.7 Å². The van der Waals surface area contributed by atoms with E-state index < -0.39 is 0 Å². The fourth-order valence-electron chi connectivity index (χ4n) is 5.27. The van der Waals surface area contributed by atoms with Crippen LogP contribution in [0.4, 0.5) is 5.69 Å². The van der Waals surface area contributed by atoms with Crippen LogP contribution in [0, 0.1) is 0 Å². The average Bonchev–Trinajstić information content (AvgIpc) is 3.43. The summed E-state index contributed by atoms with van der Waals surface area (Å²) in [5.41, 5.74) is 3.58. The van der Waals surface area contributed by atoms with Gasteiger partial charge in [-0.1, -0.05) is 48.5 Å². The molecule has 6 nitrogen and oxygen atoms in total. The minimum atomic E-state index is -0.0883. The molecule has 2 amide bonds. The van der Waals surface area contributed by atoms with Crippen LogP contribution in [0.1, 0.15) is 30.4 Å². The summed E-state index contributed by atoms with van der Waals surface area (Å²) in [6, 6.07) is 19.0. The first-order valence-corrected chi connectivity index (χ1v) is 11.4. The van der Waals surface area contributed by atoms with Gasteiger partial charge < -0.3 is 15.5 Å². The first-order chi connectivity index (χ1) is 15.2. The zero-order chi connectivity index (χ0) is 21.2. The van der Waals surface area contributed by atoms with E-state index in [1.54, 1.807) is 0 Å². The number of anilines is 1. The number of nitrogens with zero attached hydrogens (tertiary/aromatic N) is 2. The van der Waals surface area contributed by atoms with E-state index in [0.717, 1.165) is 44.6 Å². The number of amides is 2. The lowest BCUT2D eigenvalue weighted by molar-refractivity contribution is -0.129. The number of hydrogen-bond donors (Lipinski definition) is 2. The standard InChI is InChI=1S/C25H30N4O2/c30-24(28-13-12-19-8-4-5-9-22(19)28)11-10-21-16-27-25(31)23-14-20(17-29(21)23)26-15-18-6-2-1-3-7-18/h1-9,20-21,23,26H,10-17H2,(H,27,31). The van der Waals surface area contributed by atoms with Crippen LogP contribution in [-0.4, -0.2) is 54.5 Å². The molecule has 3 atom stereocenters. The first-order valence-electron chi connectivity index (χ1n) is 11.4. The van der Waals surface area contributed by atoms with Crippen molar-refractivity contribution in [3.05, 3.63) is 65.7 Å². The van der Waals surface area contributed by atoms with Crippen LogP contribution in [0.15, 0.2) is 54.6 Å². The number of hydrogen-bond acceptors (Lipinski definition) is 4. The molecule has 2 fully saturated rings. The van der Waals surface area contributed by atoms with Gasteiger partial charge in [0, 0.05) is 50.4 Å². The Morgan fingerprint density at radius 3 is 2.77 bits per heavy atom. The molecule has 0 saturated carbocycles. The second kappa shape index (κ2) is 8.81. The highest BCUT2D eigenvalue weighted by Crippen LogP contribution is 2.30. The Morgan fingerprint density at radius 1 is 1.10 bits per heavy atom. The minimum absolute atomic E-state index is 0.0883. The zero-order valence-electron chi connectivity index (χ0n) is 17.8. The summed E-state index contributed by atoms with van der Waals surface area (Å²) in [5.74, 6) is 0.316. The van der Waals surface area contributed by atoms with Gasteiger partial charge in [0.1, 0.15) is 0 Å². The van der Waals surface area contributed by atoms with Crippen molar-refractivity contribution in [1.82, 2.24) is 15.5 Å². The Bertz CT molecular complexity index is 948. The third-order valence-corrected chi connectivity index (χ3v) is 6.94. The zero-order valence-corrected chi connectivity index (χ0v) is 17.8. The number of piperazine rings is 1. The van der Waals surface area contributed by atoms with E-state index in [-0.39, 0.29) is 29.9 Å². The number of fused-ring (bicyclic) bond motifs is 2. The van der Waals surface area contributed by atoms with E-state index in [1.807, 2.05) is 41.3 Å². The smallest absolute Gasteiger partial charge is 0.237 e. The SMILES string of the molecule is O=C1NCC(CCC(=O)N2CCc3ccccc32)N2CC(NCc3ccccc3)CC12. The van der Waals surface area contributed by atoms with E-state index in [0.29, 0.717) is 13.0 Å². The van der Waals surface area contributed by atoms with Gasteiger partial charge in [-0.05, 0) is 36.5 Å². The second-order valence-corrected chi connectivity index (χ2v) is 8.87. The summed E-state index contributed by atoms with van der Waals surface area (Å²) < 4.78 is 0. The van der Waals surface area contributed by atoms with E-state index in [1.165, 1.54) is 11.1 Å². The van der Waals surface area contributed by atoms with Gasteiger partial charge in [-0.25, -0.2) is 0 Å². The molecule has 3 unspecified atom stereocenters. The van der Waals surface area contributed by atoms with Gasteiger partial charge in [-0.3, -0.25) is 14.5 Å². The number of rotatable bonds is 6. The van der Waals surface area contributed by atoms with Gasteiger partial charge in [-0.15, -0.1) is 0 Å². The Kier molecular flexibility index (Phi) is 5.74. The van der Waals surface area contributed by atoms with Gasteiger partial charge >= 0.3 is 0 Å². The summed E-state index contributed by atoms with van der Waals surface area (Å²) in [5, 5.41) is 6.69. The van der Waals surface area contributed by atoms with Crippen molar-refractivity contribution in [3.63, 3.8) is 0 Å². The number of para-hydroxylation sites is 1. The summed E-state index contributed by atoms with van der Waals surface area (Å²) in [4.78, 5) is 29.7. The molecule has 2 N–H and O–H groups in total. The Labute approximate surface area is 183 Å². The van der Waals surface area contributed by atoms with Crippen LogP contribution in [0.25, 0.3) is 0 Å². The van der Waals surface area contributed by atoms with Crippen molar-refractivity contribution in [2.75, 3.05) is 24.5 Å². The molecule has 5 rings (SSSR count). The van der Waals surface area contributed by atoms with Crippen molar-refractivity contribution in [2.24, 2.45) is 0 Å². The molecule has 0 radical (unpaired) electrons. The molecular formula is C25H30N4O2. The quantitative estimate of drug-likeness (QED) is 0.754. The first kappa shape index (κ1) is 20.2. The van der Waals surface area contributed by atoms with E-state index in [9.17, 15) is 9.59 Å². The van der Waals surface area contributed by atoms with Crippen LogP contribution in [0.3, 0.4) is 0 Å². The Morgan fingerprint density at radius 2 is 1.90 bits per heavy atom. The molecule has 2 aromatic rings. The molecule has 0 aliphatic carbocycles. The molecule has 6 heteroatoms. The number of benzene rings is 2. The fraction of sp³-hybridized carbons (Fsp3) is 0.440. The van der Waals surface area contributed by atoms with Crippen molar-refractivity contribution >= 4 is 17.5 Å². The highest BCUT2D eigenvalue weighted by Gasteiger charge is 2.43. The molecule has 31 heavy (non-hydrogen) atoms. The lowest BCUT2D eigenvalue weighted by Gasteiger charge is -2.37. The normalized spacial score (nSPS) is 25.2. The number of carbonyl (C=O) groups is 2. The maximum absolute atomic E-state index is 12.9. The van der Waals surface area contributed by atoms with Crippen LogP contribution in [0.5, 0.6) is 0 Å². The lowest BCUT2D eigenvalue weighted by Crippen LogP contribution is -2.58. The highest BCUT2D eigenvalue weighted by molar-refractivity contribution is 5.95. The molecule has 3 aliphatic heterocycles. The fourth-order valence-corrected chi connectivity index (χ4v) is 5.27. The van der Waals surface area contributed by atoms with Gasteiger partial charge in [0.15, 0.2) is 0 Å². The molecule has 0 spiro atoms. The molecular weight excluding hydrogens is 388 g/mol. The largest absolute Gasteiger partial charge is 0.353 e. The van der Waals surface area contributed by atoms with E-state index in [4.69, 9.17) is 0 Å². The van der Waals surface area contributed by atoms with Crippen LogP contribution in [0.2, 0.25) is 0 Å². The highest BCUT2D eigenvalue weighted by atomic mass is 16.2. The summed E-state index contributed by atoms with van der Waals surface area (Å²) >= 11 is 0.